The fraction of sp³-hybridized carbons (Fsp3) is 0.667. The summed E-state index contributed by atoms with van der Waals surface area (Å²) < 4.78 is 0. The first-order valence-corrected chi connectivity index (χ1v) is 3.01. The van der Waals surface area contributed by atoms with Crippen molar-refractivity contribution in [1.29, 1.82) is 0 Å². The molecule has 0 aromatic heterocycles. The van der Waals surface area contributed by atoms with Gasteiger partial charge in [0.15, 0.2) is 5.78 Å². The van der Waals surface area contributed by atoms with Crippen molar-refractivity contribution in [3.8, 4) is 0 Å². The predicted octanol–water partition coefficient (Wildman–Crippen LogP) is 1.60. The van der Waals surface area contributed by atoms with Crippen LogP contribution in [0, 0.1) is 5.92 Å². The van der Waals surface area contributed by atoms with E-state index >= 15 is 0 Å². The quantitative estimate of drug-likeness (QED) is 0.528. The topological polar surface area (TPSA) is 17.1 Å². The number of ketones is 1. The fourth-order valence-electron chi connectivity index (χ4n) is 0.407. The Bertz CT molecular complexity index is 116. The minimum Gasteiger partial charge on any atom is -0.294 e. The molecule has 8 heavy (non-hydrogen) atoms. The van der Waals surface area contributed by atoms with Gasteiger partial charge in [-0.15, -0.1) is 0 Å². The van der Waals surface area contributed by atoms with E-state index in [1.165, 1.54) is 6.92 Å². The van der Waals surface area contributed by atoms with Crippen molar-refractivity contribution in [3.63, 3.8) is 0 Å². The summed E-state index contributed by atoms with van der Waals surface area (Å²) in [5.41, 5.74) is 0. The van der Waals surface area contributed by atoms with Crippen LogP contribution in [-0.4, -0.2) is 10.6 Å². The highest BCUT2D eigenvalue weighted by atomic mass is 32.1. The molecule has 0 aliphatic rings. The van der Waals surface area contributed by atoms with Gasteiger partial charge >= 0.3 is 0 Å². The molecule has 0 atom stereocenters. The molecule has 1 nitrogen and oxygen atoms in total. The third kappa shape index (κ3) is 2.17. The molecule has 0 aromatic carbocycles. The molecule has 0 amide bonds. The Labute approximate surface area is 55.1 Å². The van der Waals surface area contributed by atoms with E-state index in [4.69, 9.17) is 12.2 Å². The molecule has 0 N–H and O–H groups in total. The Morgan fingerprint density at radius 2 is 1.88 bits per heavy atom. The monoisotopic (exact) mass is 130 g/mol. The molecule has 0 fully saturated rings. The van der Waals surface area contributed by atoms with Gasteiger partial charge in [0.05, 0.1) is 4.86 Å². The van der Waals surface area contributed by atoms with Crippen LogP contribution in [0.4, 0.5) is 0 Å². The van der Waals surface area contributed by atoms with Gasteiger partial charge in [0.25, 0.3) is 0 Å². The molecular formula is C6H10OS. The lowest BCUT2D eigenvalue weighted by atomic mass is 10.1. The fourth-order valence-corrected chi connectivity index (χ4v) is 0.407. The highest BCUT2D eigenvalue weighted by molar-refractivity contribution is 7.82. The van der Waals surface area contributed by atoms with Crippen LogP contribution in [0.15, 0.2) is 0 Å². The van der Waals surface area contributed by atoms with Crippen molar-refractivity contribution in [2.24, 2.45) is 5.92 Å². The average molecular weight is 130 g/mol. The smallest absolute Gasteiger partial charge is 0.166 e. The first-order valence-electron chi connectivity index (χ1n) is 2.60. The van der Waals surface area contributed by atoms with E-state index in [1.54, 1.807) is 0 Å². The van der Waals surface area contributed by atoms with Crippen LogP contribution in [0.1, 0.15) is 20.8 Å². The van der Waals surface area contributed by atoms with E-state index in [0.717, 1.165) is 0 Å². The van der Waals surface area contributed by atoms with Gasteiger partial charge in [-0.1, -0.05) is 26.1 Å². The minimum absolute atomic E-state index is 0.0231. The highest BCUT2D eigenvalue weighted by Gasteiger charge is 2.05. The summed E-state index contributed by atoms with van der Waals surface area (Å²) in [5, 5.41) is 0. The normalized spacial score (nSPS) is 9.50. The largest absolute Gasteiger partial charge is 0.294 e. The van der Waals surface area contributed by atoms with Crippen LogP contribution in [0.2, 0.25) is 0 Å². The molecule has 0 bridgehead atoms. The van der Waals surface area contributed by atoms with E-state index in [2.05, 4.69) is 0 Å². The zero-order valence-corrected chi connectivity index (χ0v) is 6.21. The average Bonchev–Trinajstić information content (AvgIpc) is 1.64. The second-order valence-electron chi connectivity index (χ2n) is 2.08. The van der Waals surface area contributed by atoms with Crippen molar-refractivity contribution in [2.45, 2.75) is 20.8 Å². The molecule has 0 aromatic rings. The summed E-state index contributed by atoms with van der Waals surface area (Å²) in [7, 11) is 0. The molecule has 46 valence electrons. The van der Waals surface area contributed by atoms with Crippen LogP contribution in [-0.2, 0) is 4.79 Å². The van der Waals surface area contributed by atoms with E-state index < -0.39 is 0 Å². The van der Waals surface area contributed by atoms with Gasteiger partial charge in [0, 0.05) is 0 Å². The van der Waals surface area contributed by atoms with Crippen molar-refractivity contribution < 1.29 is 4.79 Å². The number of Topliss-reactive ketones (excluding diaryl/α,β-unsaturated/α-hetero) is 1. The zero-order chi connectivity index (χ0) is 6.73. The Morgan fingerprint density at radius 1 is 1.50 bits per heavy atom. The van der Waals surface area contributed by atoms with E-state index in [-0.39, 0.29) is 11.7 Å². The van der Waals surface area contributed by atoms with Gasteiger partial charge in [-0.05, 0) is 12.8 Å². The minimum atomic E-state index is 0.0231. The van der Waals surface area contributed by atoms with Crippen LogP contribution >= 0.6 is 12.2 Å². The van der Waals surface area contributed by atoms with Crippen molar-refractivity contribution in [3.05, 3.63) is 0 Å². The van der Waals surface area contributed by atoms with Crippen LogP contribution < -0.4 is 0 Å². The van der Waals surface area contributed by atoms with Crippen LogP contribution in [0.3, 0.4) is 0 Å². The molecule has 0 heterocycles. The third-order valence-corrected chi connectivity index (χ3v) is 1.63. The van der Waals surface area contributed by atoms with Gasteiger partial charge in [0.1, 0.15) is 0 Å². The molecule has 2 heteroatoms. The number of carbonyl (C=O) groups excluding carboxylic acids is 1. The van der Waals surface area contributed by atoms with Crippen LogP contribution in [0.25, 0.3) is 0 Å². The number of carbonyl (C=O) groups is 1. The zero-order valence-electron chi connectivity index (χ0n) is 5.39. The number of hydrogen-bond donors (Lipinski definition) is 0. The van der Waals surface area contributed by atoms with E-state index in [0.29, 0.717) is 4.86 Å². The summed E-state index contributed by atoms with van der Waals surface area (Å²) in [5.74, 6) is 0.248. The molecule has 0 rings (SSSR count). The first kappa shape index (κ1) is 7.76. The van der Waals surface area contributed by atoms with Crippen molar-refractivity contribution in [2.75, 3.05) is 0 Å². The molecular weight excluding hydrogens is 120 g/mol. The summed E-state index contributed by atoms with van der Waals surface area (Å²) in [6.45, 7) is 5.34. The lowest BCUT2D eigenvalue weighted by Crippen LogP contribution is -2.13. The predicted molar refractivity (Wildman–Crippen MR) is 38.1 cm³/mol. The Morgan fingerprint density at radius 3 is 1.88 bits per heavy atom. The summed E-state index contributed by atoms with van der Waals surface area (Å²) >= 11 is 4.75. The number of thiocarbonyl (C=S) groups is 1. The highest BCUT2D eigenvalue weighted by Crippen LogP contribution is 1.96. The second-order valence-corrected chi connectivity index (χ2v) is 2.51. The second kappa shape index (κ2) is 2.92. The summed E-state index contributed by atoms with van der Waals surface area (Å²) in [6.07, 6.45) is 0. The first-order chi connectivity index (χ1) is 3.55. The lowest BCUT2D eigenvalue weighted by molar-refractivity contribution is -0.111. The molecule has 0 saturated carbocycles. The lowest BCUT2D eigenvalue weighted by Gasteiger charge is -1.99. The van der Waals surface area contributed by atoms with Crippen LogP contribution in [0.5, 0.6) is 0 Å². The van der Waals surface area contributed by atoms with E-state index in [9.17, 15) is 4.79 Å². The van der Waals surface area contributed by atoms with Gasteiger partial charge < -0.3 is 0 Å². The summed E-state index contributed by atoms with van der Waals surface area (Å²) in [6, 6.07) is 0. The summed E-state index contributed by atoms with van der Waals surface area (Å²) in [4.78, 5) is 11.0. The molecule has 0 unspecified atom stereocenters. The van der Waals surface area contributed by atoms with Gasteiger partial charge in [-0.3, -0.25) is 4.79 Å². The number of rotatable bonds is 2. The van der Waals surface area contributed by atoms with Gasteiger partial charge in [0.2, 0.25) is 0 Å². The standard InChI is InChI=1S/C6H10OS/c1-4(2)6(8)5(3)7/h4H,1-3H3. The maximum Gasteiger partial charge on any atom is 0.166 e. The number of hydrogen-bond acceptors (Lipinski definition) is 2. The van der Waals surface area contributed by atoms with Gasteiger partial charge in [-0.2, -0.15) is 0 Å². The molecule has 0 aliphatic carbocycles. The third-order valence-electron chi connectivity index (χ3n) is 0.871. The maximum atomic E-state index is 10.4. The van der Waals surface area contributed by atoms with Crippen molar-refractivity contribution in [1.82, 2.24) is 0 Å². The van der Waals surface area contributed by atoms with E-state index in [1.807, 2.05) is 13.8 Å². The van der Waals surface area contributed by atoms with Crippen molar-refractivity contribution >= 4 is 22.9 Å². The van der Waals surface area contributed by atoms with Gasteiger partial charge in [-0.25, -0.2) is 0 Å². The molecule has 0 radical (unpaired) electrons. The SMILES string of the molecule is CC(=O)C(=S)C(C)C. The Kier molecular flexibility index (Phi) is 2.84. The molecule has 0 saturated heterocycles. The Hall–Kier alpha value is -0.240. The molecule has 0 spiro atoms. The maximum absolute atomic E-state index is 10.4. The Balaban J connectivity index is 3.84. The molecule has 0 aliphatic heterocycles.